The monoisotopic (exact) mass is 247 g/mol. The Bertz CT molecular complexity index is 661. The van der Waals surface area contributed by atoms with Gasteiger partial charge in [-0.15, -0.1) is 0 Å². The molecule has 0 saturated carbocycles. The molecule has 2 rings (SSSR count). The van der Waals surface area contributed by atoms with E-state index in [9.17, 15) is 14.7 Å². The number of aromatic nitrogens is 2. The Morgan fingerprint density at radius 3 is 2.89 bits per heavy atom. The lowest BCUT2D eigenvalue weighted by Crippen LogP contribution is -2.34. The van der Waals surface area contributed by atoms with Crippen LogP contribution in [0.2, 0.25) is 0 Å². The molecule has 0 atom stereocenters. The number of H-pyrrole nitrogens is 1. The molecule has 18 heavy (non-hydrogen) atoms. The van der Waals surface area contributed by atoms with Crippen LogP contribution >= 0.6 is 0 Å². The van der Waals surface area contributed by atoms with E-state index in [1.165, 1.54) is 18.5 Å². The van der Waals surface area contributed by atoms with E-state index in [0.717, 1.165) is 0 Å². The Morgan fingerprint density at radius 1 is 1.50 bits per heavy atom. The number of fused-ring (bicyclic) bond motifs is 1. The van der Waals surface area contributed by atoms with E-state index >= 15 is 0 Å². The highest BCUT2D eigenvalue weighted by Crippen LogP contribution is 2.23. The standard InChI is InChI=1S/C12H13N3O3/c1-6(2)14-11(17)9-10(16)7-3-4-13-5-8(7)15-12(9)18/h3-6H,1-2H3,(H,14,17)(H2,15,16,18). The summed E-state index contributed by atoms with van der Waals surface area (Å²) in [6.45, 7) is 3.54. The van der Waals surface area contributed by atoms with Gasteiger partial charge in [-0.05, 0) is 19.9 Å². The van der Waals surface area contributed by atoms with Crippen LogP contribution in [0.5, 0.6) is 5.75 Å². The number of nitrogens with one attached hydrogen (secondary N) is 2. The van der Waals surface area contributed by atoms with Crippen molar-refractivity contribution in [2.75, 3.05) is 0 Å². The van der Waals surface area contributed by atoms with Gasteiger partial charge in [0.25, 0.3) is 11.5 Å². The van der Waals surface area contributed by atoms with Gasteiger partial charge in [0.2, 0.25) is 0 Å². The highest BCUT2D eigenvalue weighted by Gasteiger charge is 2.19. The average molecular weight is 247 g/mol. The van der Waals surface area contributed by atoms with Crippen LogP contribution in [0.3, 0.4) is 0 Å². The van der Waals surface area contributed by atoms with Crippen LogP contribution < -0.4 is 10.9 Å². The van der Waals surface area contributed by atoms with E-state index in [1.54, 1.807) is 13.8 Å². The first kappa shape index (κ1) is 12.1. The van der Waals surface area contributed by atoms with Crippen molar-refractivity contribution < 1.29 is 9.90 Å². The Morgan fingerprint density at radius 2 is 2.22 bits per heavy atom. The molecule has 2 heterocycles. The molecule has 0 unspecified atom stereocenters. The summed E-state index contributed by atoms with van der Waals surface area (Å²) in [6.07, 6.45) is 2.89. The minimum atomic E-state index is -0.633. The minimum Gasteiger partial charge on any atom is -0.506 e. The molecule has 0 aliphatic carbocycles. The largest absolute Gasteiger partial charge is 0.506 e. The van der Waals surface area contributed by atoms with Crippen LogP contribution in [0.15, 0.2) is 23.3 Å². The van der Waals surface area contributed by atoms with Gasteiger partial charge in [0.1, 0.15) is 11.3 Å². The SMILES string of the molecule is CC(C)NC(=O)c1c(O)c2ccncc2[nH]c1=O. The lowest BCUT2D eigenvalue weighted by Gasteiger charge is -2.10. The number of carbonyl (C=O) groups excluding carboxylic acids is 1. The second-order valence-electron chi connectivity index (χ2n) is 4.23. The van der Waals surface area contributed by atoms with Gasteiger partial charge in [-0.1, -0.05) is 0 Å². The van der Waals surface area contributed by atoms with Crippen LogP contribution in [-0.2, 0) is 0 Å². The maximum absolute atomic E-state index is 11.8. The number of amides is 1. The van der Waals surface area contributed by atoms with E-state index in [-0.39, 0.29) is 17.4 Å². The fourth-order valence-electron chi connectivity index (χ4n) is 1.67. The van der Waals surface area contributed by atoms with Crippen LogP contribution in [0.4, 0.5) is 0 Å². The van der Waals surface area contributed by atoms with Crippen LogP contribution in [-0.4, -0.2) is 27.0 Å². The van der Waals surface area contributed by atoms with Gasteiger partial charge in [-0.25, -0.2) is 0 Å². The smallest absolute Gasteiger partial charge is 0.265 e. The Hall–Kier alpha value is -2.37. The normalized spacial score (nSPS) is 10.8. The zero-order chi connectivity index (χ0) is 13.3. The molecule has 2 aromatic heterocycles. The molecule has 2 aromatic rings. The Balaban J connectivity index is 2.64. The fourth-order valence-corrected chi connectivity index (χ4v) is 1.67. The second-order valence-corrected chi connectivity index (χ2v) is 4.23. The molecule has 3 N–H and O–H groups in total. The minimum absolute atomic E-state index is 0.121. The molecule has 0 radical (unpaired) electrons. The average Bonchev–Trinajstić information content (AvgIpc) is 2.27. The van der Waals surface area contributed by atoms with Crippen LogP contribution in [0.25, 0.3) is 10.9 Å². The predicted molar refractivity (Wildman–Crippen MR) is 66.6 cm³/mol. The number of hydrogen-bond donors (Lipinski definition) is 3. The van der Waals surface area contributed by atoms with E-state index in [1.807, 2.05) is 0 Å². The number of carbonyl (C=O) groups is 1. The van der Waals surface area contributed by atoms with Gasteiger partial charge in [0, 0.05) is 17.6 Å². The van der Waals surface area contributed by atoms with Crippen molar-refractivity contribution in [3.05, 3.63) is 34.4 Å². The number of rotatable bonds is 2. The molecule has 0 bridgehead atoms. The number of aromatic amines is 1. The van der Waals surface area contributed by atoms with Crippen molar-refractivity contribution in [2.24, 2.45) is 0 Å². The zero-order valence-electron chi connectivity index (χ0n) is 10.0. The highest BCUT2D eigenvalue weighted by molar-refractivity contribution is 6.01. The maximum Gasteiger partial charge on any atom is 0.265 e. The van der Waals surface area contributed by atoms with Crippen molar-refractivity contribution in [2.45, 2.75) is 19.9 Å². The highest BCUT2D eigenvalue weighted by atomic mass is 16.3. The zero-order valence-corrected chi connectivity index (χ0v) is 10.0. The molecule has 0 aliphatic heterocycles. The molecular weight excluding hydrogens is 234 g/mol. The molecule has 0 spiro atoms. The van der Waals surface area contributed by atoms with Crippen LogP contribution in [0.1, 0.15) is 24.2 Å². The number of pyridine rings is 2. The first-order valence-corrected chi connectivity index (χ1v) is 5.50. The Kier molecular flexibility index (Phi) is 3.01. The lowest BCUT2D eigenvalue weighted by atomic mass is 10.1. The van der Waals surface area contributed by atoms with Gasteiger partial charge in [-0.3, -0.25) is 14.6 Å². The summed E-state index contributed by atoms with van der Waals surface area (Å²) in [4.78, 5) is 30.0. The summed E-state index contributed by atoms with van der Waals surface area (Å²) < 4.78 is 0. The van der Waals surface area contributed by atoms with Gasteiger partial charge >= 0.3 is 0 Å². The molecule has 0 aromatic carbocycles. The van der Waals surface area contributed by atoms with Crippen molar-refractivity contribution in [1.29, 1.82) is 0 Å². The Labute approximate surface area is 103 Å². The predicted octanol–water partition coefficient (Wildman–Crippen LogP) is 0.767. The van der Waals surface area contributed by atoms with E-state index < -0.39 is 11.5 Å². The first-order valence-electron chi connectivity index (χ1n) is 5.50. The van der Waals surface area contributed by atoms with Gasteiger partial charge in [-0.2, -0.15) is 0 Å². The maximum atomic E-state index is 11.8. The fraction of sp³-hybridized carbons (Fsp3) is 0.250. The topological polar surface area (TPSA) is 95.1 Å². The third kappa shape index (κ3) is 2.04. The lowest BCUT2D eigenvalue weighted by molar-refractivity contribution is 0.0939. The quantitative estimate of drug-likeness (QED) is 0.730. The third-order valence-corrected chi connectivity index (χ3v) is 2.44. The number of hydrogen-bond acceptors (Lipinski definition) is 4. The summed E-state index contributed by atoms with van der Waals surface area (Å²) in [5.74, 6) is -0.920. The number of aromatic hydroxyl groups is 1. The number of nitrogens with zero attached hydrogens (tertiary/aromatic N) is 1. The molecule has 0 aliphatic rings. The molecule has 1 amide bonds. The first-order chi connectivity index (χ1) is 8.50. The van der Waals surface area contributed by atoms with Gasteiger partial charge < -0.3 is 15.4 Å². The van der Waals surface area contributed by atoms with E-state index in [4.69, 9.17) is 0 Å². The van der Waals surface area contributed by atoms with Crippen molar-refractivity contribution in [3.8, 4) is 5.75 Å². The van der Waals surface area contributed by atoms with E-state index in [2.05, 4.69) is 15.3 Å². The molecule has 94 valence electrons. The van der Waals surface area contributed by atoms with Gasteiger partial charge in [0.15, 0.2) is 0 Å². The molecule has 0 fully saturated rings. The van der Waals surface area contributed by atoms with Crippen molar-refractivity contribution >= 4 is 16.8 Å². The molecule has 0 saturated heterocycles. The van der Waals surface area contributed by atoms with Crippen LogP contribution in [0, 0.1) is 0 Å². The summed E-state index contributed by atoms with van der Waals surface area (Å²) in [5.41, 5.74) is -0.519. The third-order valence-electron chi connectivity index (χ3n) is 2.44. The summed E-state index contributed by atoms with van der Waals surface area (Å²) in [5, 5.41) is 13.0. The molecular formula is C12H13N3O3. The summed E-state index contributed by atoms with van der Waals surface area (Å²) >= 11 is 0. The summed E-state index contributed by atoms with van der Waals surface area (Å²) in [6, 6.07) is 1.41. The van der Waals surface area contributed by atoms with Gasteiger partial charge in [0.05, 0.1) is 11.7 Å². The van der Waals surface area contributed by atoms with E-state index in [0.29, 0.717) is 10.9 Å². The summed E-state index contributed by atoms with van der Waals surface area (Å²) in [7, 11) is 0. The molecule has 6 nitrogen and oxygen atoms in total. The van der Waals surface area contributed by atoms with Crippen molar-refractivity contribution in [1.82, 2.24) is 15.3 Å². The second kappa shape index (κ2) is 4.48. The molecule has 6 heteroatoms. The van der Waals surface area contributed by atoms with Crippen molar-refractivity contribution in [3.63, 3.8) is 0 Å².